The van der Waals surface area contributed by atoms with E-state index in [1.165, 1.54) is 0 Å². The van der Waals surface area contributed by atoms with Gasteiger partial charge in [0, 0.05) is 22.4 Å². The highest BCUT2D eigenvalue weighted by atomic mass is 16.1. The van der Waals surface area contributed by atoms with Crippen LogP contribution in [0, 0.1) is 12.3 Å². The minimum Gasteiger partial charge on any atom is -0.398 e. The zero-order valence-electron chi connectivity index (χ0n) is 14.7. The fraction of sp³-hybridized carbons (Fsp3) is 0.0952. The van der Waals surface area contributed by atoms with Crippen LogP contribution in [0.5, 0.6) is 0 Å². The zero-order chi connectivity index (χ0) is 19.1. The maximum Gasteiger partial charge on any atom is 0.269 e. The molecule has 0 fully saturated rings. The number of primary amides is 1. The Balaban J connectivity index is 2.08. The van der Waals surface area contributed by atoms with Crippen molar-refractivity contribution in [1.82, 2.24) is 9.55 Å². The van der Waals surface area contributed by atoms with E-state index in [1.54, 1.807) is 6.33 Å². The summed E-state index contributed by atoms with van der Waals surface area (Å²) in [7, 11) is 0. The van der Waals surface area contributed by atoms with Crippen LogP contribution >= 0.6 is 0 Å². The number of rotatable bonds is 2. The van der Waals surface area contributed by atoms with Crippen LogP contribution in [0.1, 0.15) is 45.8 Å². The van der Waals surface area contributed by atoms with Gasteiger partial charge in [-0.2, -0.15) is 0 Å². The van der Waals surface area contributed by atoms with Crippen LogP contribution in [0.4, 0.5) is 5.69 Å². The zero-order valence-corrected chi connectivity index (χ0v) is 14.7. The van der Waals surface area contributed by atoms with Crippen LogP contribution in [0.3, 0.4) is 0 Å². The first-order chi connectivity index (χ1) is 13.0. The number of nitrogen functional groups attached to an aromatic ring is 1. The largest absolute Gasteiger partial charge is 0.398 e. The van der Waals surface area contributed by atoms with Crippen molar-refractivity contribution in [3.05, 3.63) is 76.9 Å². The number of imidazole rings is 1. The molecule has 0 aliphatic carbocycles. The molecule has 4 rings (SSSR count). The number of aliphatic imine (C=N–C) groups is 1. The van der Waals surface area contributed by atoms with Gasteiger partial charge in [-0.25, -0.2) is 4.98 Å². The van der Waals surface area contributed by atoms with Crippen LogP contribution in [-0.2, 0) is 0 Å². The number of terminal acetylenes is 1. The van der Waals surface area contributed by atoms with Crippen molar-refractivity contribution >= 4 is 17.3 Å². The number of anilines is 1. The van der Waals surface area contributed by atoms with Crippen LogP contribution in [-0.4, -0.2) is 21.2 Å². The van der Waals surface area contributed by atoms with Gasteiger partial charge in [-0.3, -0.25) is 14.4 Å². The van der Waals surface area contributed by atoms with Crippen molar-refractivity contribution in [2.45, 2.75) is 13.0 Å². The molecule has 6 nitrogen and oxygen atoms in total. The molecular formula is C21H17N5O. The van der Waals surface area contributed by atoms with Gasteiger partial charge in [-0.1, -0.05) is 24.1 Å². The second-order valence-corrected chi connectivity index (χ2v) is 6.33. The lowest BCUT2D eigenvalue weighted by Crippen LogP contribution is -2.15. The Morgan fingerprint density at radius 2 is 2.00 bits per heavy atom. The summed E-state index contributed by atoms with van der Waals surface area (Å²) in [6.45, 7) is 1.90. The molecule has 1 aliphatic rings. The maximum absolute atomic E-state index is 11.9. The third-order valence-corrected chi connectivity index (χ3v) is 4.65. The smallest absolute Gasteiger partial charge is 0.269 e. The SMILES string of the molecule is C#Cc1ccc2c(c1)C(c1ccccc1N)=N[C@@H](C)c1c(C(N)=O)ncn1-2. The molecule has 1 aliphatic heterocycles. The number of hydrogen-bond acceptors (Lipinski definition) is 4. The highest BCUT2D eigenvalue weighted by molar-refractivity contribution is 6.18. The lowest BCUT2D eigenvalue weighted by Gasteiger charge is -2.13. The number of para-hydroxylation sites is 1. The fourth-order valence-corrected chi connectivity index (χ4v) is 3.42. The molecule has 1 amide bonds. The average Bonchev–Trinajstić information content (AvgIpc) is 3.07. The standard InChI is InChI=1S/C21H17N5O/c1-3-13-8-9-17-15(10-13)18(14-6-4-5-7-16(14)22)25-12(2)20-19(21(23)27)24-11-26(17)20/h1,4-12H,22H2,2H3,(H2,23,27)/t12-/m0/s1. The molecule has 3 aromatic rings. The highest BCUT2D eigenvalue weighted by Gasteiger charge is 2.28. The van der Waals surface area contributed by atoms with Gasteiger partial charge in [-0.15, -0.1) is 6.42 Å². The second kappa shape index (κ2) is 6.15. The molecule has 4 N–H and O–H groups in total. The number of fused-ring (bicyclic) bond motifs is 3. The van der Waals surface area contributed by atoms with Crippen molar-refractivity contribution in [3.63, 3.8) is 0 Å². The Bertz CT molecular complexity index is 1150. The van der Waals surface area contributed by atoms with E-state index in [0.717, 1.165) is 22.4 Å². The molecule has 1 atom stereocenters. The molecule has 0 spiro atoms. The first-order valence-electron chi connectivity index (χ1n) is 8.42. The topological polar surface area (TPSA) is 99.3 Å². The van der Waals surface area contributed by atoms with Crippen molar-refractivity contribution in [2.75, 3.05) is 5.73 Å². The second-order valence-electron chi connectivity index (χ2n) is 6.33. The minimum absolute atomic E-state index is 0.209. The molecule has 132 valence electrons. The third kappa shape index (κ3) is 2.57. The lowest BCUT2D eigenvalue weighted by molar-refractivity contribution is 0.0994. The summed E-state index contributed by atoms with van der Waals surface area (Å²) in [5.41, 5.74) is 17.1. The van der Waals surface area contributed by atoms with Crippen LogP contribution in [0.2, 0.25) is 0 Å². The summed E-state index contributed by atoms with van der Waals surface area (Å²) in [5.74, 6) is 2.07. The molecule has 0 saturated carbocycles. The van der Waals surface area contributed by atoms with Crippen LogP contribution < -0.4 is 11.5 Å². The lowest BCUT2D eigenvalue weighted by atomic mass is 9.97. The average molecular weight is 355 g/mol. The Hall–Kier alpha value is -3.85. The van der Waals surface area contributed by atoms with Crippen LogP contribution in [0.25, 0.3) is 5.69 Å². The Kier molecular flexibility index (Phi) is 3.78. The number of benzene rings is 2. The Morgan fingerprint density at radius 1 is 1.22 bits per heavy atom. The number of amides is 1. The molecule has 0 unspecified atom stereocenters. The molecule has 0 bridgehead atoms. The monoisotopic (exact) mass is 355 g/mol. The van der Waals surface area contributed by atoms with Gasteiger partial charge < -0.3 is 11.5 Å². The summed E-state index contributed by atoms with van der Waals surface area (Å²) < 4.78 is 1.84. The highest BCUT2D eigenvalue weighted by Crippen LogP contribution is 2.33. The summed E-state index contributed by atoms with van der Waals surface area (Å²) in [6.07, 6.45) is 7.20. The van der Waals surface area contributed by atoms with Crippen molar-refractivity contribution in [1.29, 1.82) is 0 Å². The first kappa shape index (κ1) is 16.6. The molecule has 2 heterocycles. The molecule has 27 heavy (non-hydrogen) atoms. The van der Waals surface area contributed by atoms with E-state index in [2.05, 4.69) is 10.9 Å². The van der Waals surface area contributed by atoms with Gasteiger partial charge in [0.05, 0.1) is 23.1 Å². The molecule has 1 aromatic heterocycles. The molecule has 2 aromatic carbocycles. The van der Waals surface area contributed by atoms with E-state index in [4.69, 9.17) is 22.9 Å². The predicted molar refractivity (Wildman–Crippen MR) is 105 cm³/mol. The van der Waals surface area contributed by atoms with E-state index in [1.807, 2.05) is 54.0 Å². The van der Waals surface area contributed by atoms with E-state index in [9.17, 15) is 4.79 Å². The van der Waals surface area contributed by atoms with E-state index >= 15 is 0 Å². The minimum atomic E-state index is -0.588. The van der Waals surface area contributed by atoms with E-state index < -0.39 is 5.91 Å². The van der Waals surface area contributed by atoms with Gasteiger partial charge in [0.15, 0.2) is 5.69 Å². The number of aromatic nitrogens is 2. The molecular weight excluding hydrogens is 338 g/mol. The number of hydrogen-bond donors (Lipinski definition) is 2. The van der Waals surface area contributed by atoms with Crippen molar-refractivity contribution in [2.24, 2.45) is 10.7 Å². The quantitative estimate of drug-likeness (QED) is 0.545. The van der Waals surface area contributed by atoms with Crippen molar-refractivity contribution in [3.8, 4) is 18.0 Å². The van der Waals surface area contributed by atoms with Gasteiger partial charge in [0.1, 0.15) is 6.33 Å². The maximum atomic E-state index is 11.9. The van der Waals surface area contributed by atoms with Gasteiger partial charge in [0.25, 0.3) is 5.91 Å². The van der Waals surface area contributed by atoms with Crippen molar-refractivity contribution < 1.29 is 4.79 Å². The number of carbonyl (C=O) groups is 1. The summed E-state index contributed by atoms with van der Waals surface area (Å²) in [4.78, 5) is 20.9. The Morgan fingerprint density at radius 3 is 2.70 bits per heavy atom. The van der Waals surface area contributed by atoms with Gasteiger partial charge in [-0.05, 0) is 31.2 Å². The van der Waals surface area contributed by atoms with E-state index in [-0.39, 0.29) is 11.7 Å². The predicted octanol–water partition coefficient (Wildman–Crippen LogP) is 2.45. The van der Waals surface area contributed by atoms with Crippen LogP contribution in [0.15, 0.2) is 53.8 Å². The number of nitrogens with two attached hydrogens (primary N) is 2. The summed E-state index contributed by atoms with van der Waals surface area (Å²) in [6, 6.07) is 12.8. The fourth-order valence-electron chi connectivity index (χ4n) is 3.42. The number of carbonyl (C=O) groups excluding carboxylic acids is 1. The third-order valence-electron chi connectivity index (χ3n) is 4.65. The Labute approximate surface area is 156 Å². The van der Waals surface area contributed by atoms with Gasteiger partial charge >= 0.3 is 0 Å². The molecule has 6 heteroatoms. The van der Waals surface area contributed by atoms with E-state index in [0.29, 0.717) is 17.1 Å². The molecule has 0 radical (unpaired) electrons. The van der Waals surface area contributed by atoms with Gasteiger partial charge in [0.2, 0.25) is 0 Å². The normalized spacial score (nSPS) is 15.1. The number of nitrogens with zero attached hydrogens (tertiary/aromatic N) is 3. The first-order valence-corrected chi connectivity index (χ1v) is 8.42. The summed E-state index contributed by atoms with van der Waals surface area (Å²) in [5, 5.41) is 0. The molecule has 0 saturated heterocycles. The summed E-state index contributed by atoms with van der Waals surface area (Å²) >= 11 is 0.